The van der Waals surface area contributed by atoms with Gasteiger partial charge >= 0.3 is 6.18 Å². The summed E-state index contributed by atoms with van der Waals surface area (Å²) in [5.41, 5.74) is 1.18. The highest BCUT2D eigenvalue weighted by Crippen LogP contribution is 2.42. The highest BCUT2D eigenvalue weighted by atomic mass is 19.4. The fraction of sp³-hybridized carbons (Fsp3) is 0.240. The lowest BCUT2D eigenvalue weighted by molar-refractivity contribution is -0.141. The van der Waals surface area contributed by atoms with E-state index in [2.05, 4.69) is 4.98 Å². The second-order valence-corrected chi connectivity index (χ2v) is 7.99. The van der Waals surface area contributed by atoms with Crippen LogP contribution in [0.1, 0.15) is 47.9 Å². The van der Waals surface area contributed by atoms with E-state index in [4.69, 9.17) is 0 Å². The predicted octanol–water partition coefficient (Wildman–Crippen LogP) is 5.63. The third-order valence-electron chi connectivity index (χ3n) is 5.77. The summed E-state index contributed by atoms with van der Waals surface area (Å²) >= 11 is 0. The molecule has 0 radical (unpaired) electrons. The quantitative estimate of drug-likeness (QED) is 0.516. The molecule has 2 heterocycles. The molecule has 0 fully saturated rings. The monoisotopic (exact) mass is 453 g/mol. The van der Waals surface area contributed by atoms with Crippen LogP contribution < -0.4 is 9.80 Å². The fourth-order valence-electron chi connectivity index (χ4n) is 4.33. The Morgan fingerprint density at radius 3 is 2.27 bits per heavy atom. The van der Waals surface area contributed by atoms with E-state index in [-0.39, 0.29) is 23.6 Å². The number of alkyl halides is 3. The van der Waals surface area contributed by atoms with Crippen molar-refractivity contribution in [2.75, 3.05) is 9.80 Å². The van der Waals surface area contributed by atoms with Crippen molar-refractivity contribution in [2.24, 2.45) is 0 Å². The van der Waals surface area contributed by atoms with Crippen LogP contribution in [0.2, 0.25) is 0 Å². The first-order valence-corrected chi connectivity index (χ1v) is 10.5. The van der Waals surface area contributed by atoms with Crippen molar-refractivity contribution in [3.63, 3.8) is 0 Å². The van der Waals surface area contributed by atoms with Gasteiger partial charge < -0.3 is 9.80 Å². The Morgan fingerprint density at radius 2 is 1.67 bits per heavy atom. The van der Waals surface area contributed by atoms with E-state index in [9.17, 15) is 22.8 Å². The summed E-state index contributed by atoms with van der Waals surface area (Å²) in [5.74, 6) is -0.566. The second kappa shape index (κ2) is 8.69. The maximum atomic E-state index is 13.3. The molecule has 0 bridgehead atoms. The van der Waals surface area contributed by atoms with E-state index >= 15 is 0 Å². The number of hydrogen-bond donors (Lipinski definition) is 0. The third-order valence-corrected chi connectivity index (χ3v) is 5.77. The Morgan fingerprint density at radius 1 is 1.00 bits per heavy atom. The number of anilines is 2. The number of carbonyl (C=O) groups excluding carboxylic acids is 2. The number of aromatic nitrogens is 1. The zero-order chi connectivity index (χ0) is 23.8. The predicted molar refractivity (Wildman–Crippen MR) is 119 cm³/mol. The van der Waals surface area contributed by atoms with Crippen molar-refractivity contribution in [3.8, 4) is 0 Å². The van der Waals surface area contributed by atoms with E-state index in [0.29, 0.717) is 12.1 Å². The molecule has 2 aromatic carbocycles. The van der Waals surface area contributed by atoms with Crippen molar-refractivity contribution in [3.05, 3.63) is 89.7 Å². The first-order chi connectivity index (χ1) is 15.7. The Bertz CT molecular complexity index is 1160. The number of benzene rings is 2. The van der Waals surface area contributed by atoms with Crippen LogP contribution in [0.5, 0.6) is 0 Å². The molecule has 2 unspecified atom stereocenters. The Hall–Kier alpha value is -3.68. The van der Waals surface area contributed by atoms with Crippen LogP contribution in [0, 0.1) is 0 Å². The molecular formula is C25H22F3N3O2. The van der Waals surface area contributed by atoms with Gasteiger partial charge in [-0.3, -0.25) is 14.6 Å². The van der Waals surface area contributed by atoms with Gasteiger partial charge in [-0.1, -0.05) is 36.4 Å². The maximum Gasteiger partial charge on any atom is 0.433 e. The fourth-order valence-corrected chi connectivity index (χ4v) is 4.33. The number of pyridine rings is 1. The SMILES string of the molecule is CC(=O)N(c1ccccc1)C1CC(C)N(C(=O)c2ccc(C(F)(F)F)nc2)c2ccccc21. The molecule has 170 valence electrons. The van der Waals surface area contributed by atoms with Gasteiger partial charge in [0.15, 0.2) is 0 Å². The second-order valence-electron chi connectivity index (χ2n) is 7.99. The number of carbonyl (C=O) groups is 2. The van der Waals surface area contributed by atoms with Crippen LogP contribution in [-0.2, 0) is 11.0 Å². The molecule has 0 saturated carbocycles. The van der Waals surface area contributed by atoms with Gasteiger partial charge in [0.05, 0.1) is 11.6 Å². The zero-order valence-corrected chi connectivity index (χ0v) is 18.1. The molecule has 4 rings (SSSR count). The van der Waals surface area contributed by atoms with Gasteiger partial charge in [-0.2, -0.15) is 13.2 Å². The molecule has 5 nitrogen and oxygen atoms in total. The van der Waals surface area contributed by atoms with E-state index in [1.165, 1.54) is 6.92 Å². The van der Waals surface area contributed by atoms with Crippen LogP contribution in [0.4, 0.5) is 24.5 Å². The van der Waals surface area contributed by atoms with Crippen LogP contribution >= 0.6 is 0 Å². The van der Waals surface area contributed by atoms with E-state index < -0.39 is 17.8 Å². The molecule has 0 N–H and O–H groups in total. The standard InChI is InChI=1S/C25H22F3N3O2/c1-16-14-22(31(17(2)32)19-8-4-3-5-9-19)20-10-6-7-11-21(20)30(16)24(33)18-12-13-23(29-15-18)25(26,27)28/h3-13,15-16,22H,14H2,1-2H3. The van der Waals surface area contributed by atoms with Crippen molar-refractivity contribution in [1.29, 1.82) is 0 Å². The number of nitrogens with zero attached hydrogens (tertiary/aromatic N) is 3. The number of para-hydroxylation sites is 2. The van der Waals surface area contributed by atoms with Crippen LogP contribution in [0.15, 0.2) is 72.9 Å². The van der Waals surface area contributed by atoms with Crippen molar-refractivity contribution in [1.82, 2.24) is 4.98 Å². The molecule has 2 amide bonds. The van der Waals surface area contributed by atoms with E-state index in [1.54, 1.807) is 21.9 Å². The molecule has 1 aromatic heterocycles. The lowest BCUT2D eigenvalue weighted by Gasteiger charge is -2.43. The third kappa shape index (κ3) is 4.33. The number of fused-ring (bicyclic) bond motifs is 1. The average Bonchev–Trinajstić information content (AvgIpc) is 2.79. The van der Waals surface area contributed by atoms with Crippen molar-refractivity contribution < 1.29 is 22.8 Å². The lowest BCUT2D eigenvalue weighted by atomic mass is 9.89. The summed E-state index contributed by atoms with van der Waals surface area (Å²) in [7, 11) is 0. The number of hydrogen-bond acceptors (Lipinski definition) is 3. The molecule has 2 atom stereocenters. The first-order valence-electron chi connectivity index (χ1n) is 10.5. The Balaban J connectivity index is 1.73. The van der Waals surface area contributed by atoms with Gasteiger partial charge in [0.25, 0.3) is 5.91 Å². The van der Waals surface area contributed by atoms with Gasteiger partial charge in [0.1, 0.15) is 5.69 Å². The van der Waals surface area contributed by atoms with Gasteiger partial charge in [-0.05, 0) is 49.2 Å². The summed E-state index contributed by atoms with van der Waals surface area (Å²) in [4.78, 5) is 32.7. The normalized spacial score (nSPS) is 17.9. The highest BCUT2D eigenvalue weighted by Gasteiger charge is 2.38. The molecule has 1 aliphatic rings. The summed E-state index contributed by atoms with van der Waals surface area (Å²) in [6.45, 7) is 3.37. The van der Waals surface area contributed by atoms with Gasteiger partial charge in [0, 0.05) is 30.5 Å². The lowest BCUT2D eigenvalue weighted by Crippen LogP contribution is -2.47. The molecule has 33 heavy (non-hydrogen) atoms. The molecule has 1 aliphatic heterocycles. The van der Waals surface area contributed by atoms with E-state index in [0.717, 1.165) is 29.6 Å². The topological polar surface area (TPSA) is 53.5 Å². The summed E-state index contributed by atoms with van der Waals surface area (Å²) in [6, 6.07) is 17.9. The molecular weight excluding hydrogens is 431 g/mol. The minimum absolute atomic E-state index is 0.0644. The maximum absolute atomic E-state index is 13.3. The molecule has 3 aromatic rings. The minimum Gasteiger partial charge on any atom is -0.305 e. The number of halogens is 3. The summed E-state index contributed by atoms with van der Waals surface area (Å²) < 4.78 is 38.6. The molecule has 0 spiro atoms. The van der Waals surface area contributed by atoms with Gasteiger partial charge in [-0.15, -0.1) is 0 Å². The Kier molecular flexibility index (Phi) is 5.93. The smallest absolute Gasteiger partial charge is 0.305 e. The van der Waals surface area contributed by atoms with Gasteiger partial charge in [-0.25, -0.2) is 0 Å². The van der Waals surface area contributed by atoms with Gasteiger partial charge in [0.2, 0.25) is 5.91 Å². The minimum atomic E-state index is -4.58. The molecule has 0 aliphatic carbocycles. The number of rotatable bonds is 3. The van der Waals surface area contributed by atoms with E-state index in [1.807, 2.05) is 49.4 Å². The van der Waals surface area contributed by atoms with Crippen LogP contribution in [0.3, 0.4) is 0 Å². The average molecular weight is 453 g/mol. The summed E-state index contributed by atoms with van der Waals surface area (Å²) in [6.07, 6.45) is -3.16. The highest BCUT2D eigenvalue weighted by molar-refractivity contribution is 6.07. The van der Waals surface area contributed by atoms with Crippen LogP contribution in [0.25, 0.3) is 0 Å². The zero-order valence-electron chi connectivity index (χ0n) is 18.1. The van der Waals surface area contributed by atoms with Crippen LogP contribution in [-0.4, -0.2) is 22.8 Å². The molecule has 8 heteroatoms. The number of amides is 2. The molecule has 0 saturated heterocycles. The Labute approximate surface area is 189 Å². The largest absolute Gasteiger partial charge is 0.433 e. The summed E-state index contributed by atoms with van der Waals surface area (Å²) in [5, 5.41) is 0. The van der Waals surface area contributed by atoms with Crippen molar-refractivity contribution in [2.45, 2.75) is 38.5 Å². The van der Waals surface area contributed by atoms with Crippen molar-refractivity contribution >= 4 is 23.2 Å². The first kappa shape index (κ1) is 22.5.